The molecule has 1 aromatic carbocycles. The van der Waals surface area contributed by atoms with Gasteiger partial charge in [0.2, 0.25) is 0 Å². The fraction of sp³-hybridized carbons (Fsp3) is 0.600. The zero-order valence-electron chi connectivity index (χ0n) is 11.4. The van der Waals surface area contributed by atoms with Crippen LogP contribution in [0.2, 0.25) is 0 Å². The lowest BCUT2D eigenvalue weighted by molar-refractivity contribution is 0.381. The predicted molar refractivity (Wildman–Crippen MR) is 73.3 cm³/mol. The van der Waals surface area contributed by atoms with Crippen molar-refractivity contribution in [3.8, 4) is 0 Å². The third kappa shape index (κ3) is 2.70. The lowest BCUT2D eigenvalue weighted by Gasteiger charge is -2.30. The van der Waals surface area contributed by atoms with E-state index in [-0.39, 0.29) is 0 Å². The van der Waals surface area contributed by atoms with Crippen LogP contribution in [0.25, 0.3) is 0 Å². The molecule has 2 nitrogen and oxygen atoms in total. The first kappa shape index (κ1) is 12.6. The van der Waals surface area contributed by atoms with Crippen molar-refractivity contribution in [1.82, 2.24) is 10.6 Å². The first-order chi connectivity index (χ1) is 8.11. The molecule has 2 N–H and O–H groups in total. The maximum atomic E-state index is 3.67. The minimum Gasteiger partial charge on any atom is -0.305 e. The number of rotatable bonds is 3. The van der Waals surface area contributed by atoms with E-state index >= 15 is 0 Å². The standard InChI is InChI=1S/C15H24N2/c1-10-8-11(2)13-6-5-7-15(14(13)9-10)17-12(3)16-4/h8-9,12,15-17H,5-7H2,1-4H3. The number of aryl methyl sites for hydroxylation is 2. The first-order valence-corrected chi connectivity index (χ1v) is 6.65. The molecule has 2 atom stereocenters. The Morgan fingerprint density at radius 2 is 2.06 bits per heavy atom. The Balaban J connectivity index is 2.30. The van der Waals surface area contributed by atoms with Gasteiger partial charge in [0, 0.05) is 6.04 Å². The Kier molecular flexibility index (Phi) is 3.85. The third-order valence-electron chi connectivity index (χ3n) is 3.83. The van der Waals surface area contributed by atoms with Crippen LogP contribution >= 0.6 is 0 Å². The van der Waals surface area contributed by atoms with Crippen LogP contribution in [0.1, 0.15) is 48.1 Å². The molecule has 2 unspecified atom stereocenters. The summed E-state index contributed by atoms with van der Waals surface area (Å²) < 4.78 is 0. The predicted octanol–water partition coefficient (Wildman–Crippen LogP) is 2.84. The van der Waals surface area contributed by atoms with Gasteiger partial charge >= 0.3 is 0 Å². The van der Waals surface area contributed by atoms with Gasteiger partial charge in [0.15, 0.2) is 0 Å². The van der Waals surface area contributed by atoms with Crippen molar-refractivity contribution >= 4 is 0 Å². The minimum absolute atomic E-state index is 0.367. The van der Waals surface area contributed by atoms with Crippen LogP contribution in [0, 0.1) is 13.8 Å². The van der Waals surface area contributed by atoms with Crippen LogP contribution in [0.3, 0.4) is 0 Å². The molecule has 0 aromatic heterocycles. The van der Waals surface area contributed by atoms with E-state index in [0.717, 1.165) is 0 Å². The second-order valence-electron chi connectivity index (χ2n) is 5.27. The Bertz CT molecular complexity index is 398. The molecule has 0 saturated heterocycles. The summed E-state index contributed by atoms with van der Waals surface area (Å²) in [6.45, 7) is 6.62. The second kappa shape index (κ2) is 5.19. The third-order valence-corrected chi connectivity index (χ3v) is 3.83. The van der Waals surface area contributed by atoms with E-state index in [1.165, 1.54) is 36.0 Å². The zero-order chi connectivity index (χ0) is 12.4. The molecule has 1 aliphatic rings. The summed E-state index contributed by atoms with van der Waals surface area (Å²) >= 11 is 0. The van der Waals surface area contributed by atoms with Gasteiger partial charge in [-0.05, 0) is 63.8 Å². The van der Waals surface area contributed by atoms with Crippen molar-refractivity contribution in [1.29, 1.82) is 0 Å². The lowest BCUT2D eigenvalue weighted by atomic mass is 9.84. The summed E-state index contributed by atoms with van der Waals surface area (Å²) in [6.07, 6.45) is 4.16. The van der Waals surface area contributed by atoms with Crippen molar-refractivity contribution < 1.29 is 0 Å². The van der Waals surface area contributed by atoms with Crippen molar-refractivity contribution in [2.24, 2.45) is 0 Å². The minimum atomic E-state index is 0.367. The molecule has 0 radical (unpaired) electrons. The molecule has 0 saturated carbocycles. The largest absolute Gasteiger partial charge is 0.305 e. The number of hydrogen-bond acceptors (Lipinski definition) is 2. The molecule has 0 heterocycles. The number of fused-ring (bicyclic) bond motifs is 1. The molecule has 0 spiro atoms. The van der Waals surface area contributed by atoms with E-state index in [2.05, 4.69) is 43.5 Å². The van der Waals surface area contributed by atoms with Crippen LogP contribution in [0.4, 0.5) is 0 Å². The zero-order valence-corrected chi connectivity index (χ0v) is 11.4. The highest BCUT2D eigenvalue weighted by molar-refractivity contribution is 5.41. The smallest absolute Gasteiger partial charge is 0.0544 e. The summed E-state index contributed by atoms with van der Waals surface area (Å²) in [4.78, 5) is 0. The van der Waals surface area contributed by atoms with Gasteiger partial charge in [-0.25, -0.2) is 0 Å². The molecule has 17 heavy (non-hydrogen) atoms. The molecule has 0 amide bonds. The molecular weight excluding hydrogens is 208 g/mol. The summed E-state index contributed by atoms with van der Waals surface area (Å²) in [5.74, 6) is 0. The van der Waals surface area contributed by atoms with Crippen LogP contribution in [0.15, 0.2) is 12.1 Å². The van der Waals surface area contributed by atoms with Crippen molar-refractivity contribution in [2.45, 2.75) is 52.2 Å². The highest BCUT2D eigenvalue weighted by Gasteiger charge is 2.22. The maximum Gasteiger partial charge on any atom is 0.0544 e. The molecule has 0 bridgehead atoms. The Morgan fingerprint density at radius 3 is 2.76 bits per heavy atom. The summed E-state index contributed by atoms with van der Waals surface area (Å²) in [7, 11) is 2.00. The quantitative estimate of drug-likeness (QED) is 0.783. The fourth-order valence-electron chi connectivity index (χ4n) is 2.88. The van der Waals surface area contributed by atoms with E-state index in [1.807, 2.05) is 7.05 Å². The summed E-state index contributed by atoms with van der Waals surface area (Å²) in [5.41, 5.74) is 5.94. The maximum absolute atomic E-state index is 3.67. The first-order valence-electron chi connectivity index (χ1n) is 6.65. The molecule has 1 aliphatic carbocycles. The van der Waals surface area contributed by atoms with Gasteiger partial charge < -0.3 is 5.32 Å². The second-order valence-corrected chi connectivity index (χ2v) is 5.27. The number of benzene rings is 1. The van der Waals surface area contributed by atoms with Gasteiger partial charge in [-0.15, -0.1) is 0 Å². The van der Waals surface area contributed by atoms with E-state index in [1.54, 1.807) is 5.56 Å². The Hall–Kier alpha value is -0.860. The fourth-order valence-corrected chi connectivity index (χ4v) is 2.88. The van der Waals surface area contributed by atoms with E-state index in [4.69, 9.17) is 0 Å². The van der Waals surface area contributed by atoms with Crippen LogP contribution in [0.5, 0.6) is 0 Å². The van der Waals surface area contributed by atoms with E-state index in [9.17, 15) is 0 Å². The van der Waals surface area contributed by atoms with Gasteiger partial charge in [0.05, 0.1) is 6.17 Å². The Labute approximate surface area is 105 Å². The molecule has 2 heteroatoms. The molecule has 1 aromatic rings. The molecule has 94 valence electrons. The monoisotopic (exact) mass is 232 g/mol. The van der Waals surface area contributed by atoms with E-state index in [0.29, 0.717) is 12.2 Å². The van der Waals surface area contributed by atoms with Crippen molar-refractivity contribution in [3.63, 3.8) is 0 Å². The Morgan fingerprint density at radius 1 is 1.29 bits per heavy atom. The van der Waals surface area contributed by atoms with Gasteiger partial charge in [-0.3, -0.25) is 5.32 Å². The van der Waals surface area contributed by atoms with Gasteiger partial charge in [-0.2, -0.15) is 0 Å². The van der Waals surface area contributed by atoms with Crippen LogP contribution in [-0.4, -0.2) is 13.2 Å². The SMILES string of the molecule is CNC(C)NC1CCCc2c(C)cc(C)cc21. The van der Waals surface area contributed by atoms with Crippen molar-refractivity contribution in [3.05, 3.63) is 34.4 Å². The highest BCUT2D eigenvalue weighted by atomic mass is 15.1. The average molecular weight is 232 g/mol. The van der Waals surface area contributed by atoms with Gasteiger partial charge in [-0.1, -0.05) is 17.7 Å². The van der Waals surface area contributed by atoms with Gasteiger partial charge in [0.1, 0.15) is 0 Å². The molecule has 2 rings (SSSR count). The van der Waals surface area contributed by atoms with E-state index < -0.39 is 0 Å². The van der Waals surface area contributed by atoms with Crippen LogP contribution in [-0.2, 0) is 6.42 Å². The molecule has 0 aliphatic heterocycles. The number of nitrogens with one attached hydrogen (secondary N) is 2. The molecule has 0 fully saturated rings. The lowest BCUT2D eigenvalue weighted by Crippen LogP contribution is -2.40. The normalized spacial score (nSPS) is 21.1. The van der Waals surface area contributed by atoms with Crippen LogP contribution < -0.4 is 10.6 Å². The highest BCUT2D eigenvalue weighted by Crippen LogP contribution is 2.32. The molecular formula is C15H24N2. The topological polar surface area (TPSA) is 24.1 Å². The summed E-state index contributed by atoms with van der Waals surface area (Å²) in [6, 6.07) is 5.18. The van der Waals surface area contributed by atoms with Gasteiger partial charge in [0.25, 0.3) is 0 Å². The number of hydrogen-bond donors (Lipinski definition) is 2. The summed E-state index contributed by atoms with van der Waals surface area (Å²) in [5, 5.41) is 6.93. The van der Waals surface area contributed by atoms with Crippen molar-refractivity contribution in [2.75, 3.05) is 7.05 Å². The average Bonchev–Trinajstić information content (AvgIpc) is 2.30.